The summed E-state index contributed by atoms with van der Waals surface area (Å²) in [5.74, 6) is 0.796. The molecule has 0 fully saturated rings. The number of hydrogen-bond acceptors (Lipinski definition) is 2. The Morgan fingerprint density at radius 2 is 1.80 bits per heavy atom. The highest BCUT2D eigenvalue weighted by Gasteiger charge is 1.91. The molecule has 1 N–H and O–H groups in total. The molecule has 3 heteroatoms. The molecule has 1 heterocycles. The lowest BCUT2D eigenvalue weighted by molar-refractivity contribution is 0.599. The average molecular weight is 227 g/mol. The van der Waals surface area contributed by atoms with Crippen LogP contribution in [0.2, 0.25) is 0 Å². The van der Waals surface area contributed by atoms with E-state index in [9.17, 15) is 0 Å². The Morgan fingerprint density at radius 3 is 2.53 bits per heavy atom. The van der Waals surface area contributed by atoms with Crippen LogP contribution in [0.5, 0.6) is 0 Å². The monoisotopic (exact) mass is 226 g/mol. The van der Waals surface area contributed by atoms with Crippen molar-refractivity contribution >= 4 is 11.6 Å². The van der Waals surface area contributed by atoms with E-state index in [-0.39, 0.29) is 0 Å². The summed E-state index contributed by atoms with van der Waals surface area (Å²) in [6, 6.07) is 4.08. The van der Waals surface area contributed by atoms with Gasteiger partial charge in [0, 0.05) is 24.8 Å². The molecule has 15 heavy (non-hydrogen) atoms. The highest BCUT2D eigenvalue weighted by Crippen LogP contribution is 2.00. The van der Waals surface area contributed by atoms with Crippen molar-refractivity contribution in [1.82, 2.24) is 10.3 Å². The van der Waals surface area contributed by atoms with E-state index in [2.05, 4.69) is 10.3 Å². The summed E-state index contributed by atoms with van der Waals surface area (Å²) in [5.41, 5.74) is 1.30. The van der Waals surface area contributed by atoms with Gasteiger partial charge >= 0.3 is 0 Å². The normalized spacial score (nSPS) is 10.5. The molecule has 0 spiro atoms. The number of rotatable bonds is 8. The van der Waals surface area contributed by atoms with Gasteiger partial charge in [0.05, 0.1) is 0 Å². The summed E-state index contributed by atoms with van der Waals surface area (Å²) >= 11 is 5.60. The lowest BCUT2D eigenvalue weighted by atomic mass is 10.2. The molecule has 0 saturated carbocycles. The molecule has 0 atom stereocenters. The molecule has 0 aliphatic carbocycles. The van der Waals surface area contributed by atoms with Crippen LogP contribution in [-0.4, -0.2) is 17.4 Å². The second kappa shape index (κ2) is 8.69. The van der Waals surface area contributed by atoms with E-state index in [1.807, 2.05) is 24.5 Å². The maximum atomic E-state index is 5.60. The first-order valence-corrected chi connectivity index (χ1v) is 6.12. The largest absolute Gasteiger partial charge is 0.313 e. The van der Waals surface area contributed by atoms with Crippen molar-refractivity contribution in [3.8, 4) is 0 Å². The number of nitrogens with zero attached hydrogens (tertiary/aromatic N) is 1. The van der Waals surface area contributed by atoms with Gasteiger partial charge in [-0.3, -0.25) is 4.98 Å². The lowest BCUT2D eigenvalue weighted by Gasteiger charge is -2.04. The van der Waals surface area contributed by atoms with Crippen LogP contribution in [0.3, 0.4) is 0 Å². The third kappa shape index (κ3) is 6.47. The summed E-state index contributed by atoms with van der Waals surface area (Å²) in [7, 11) is 0. The van der Waals surface area contributed by atoms with Gasteiger partial charge in [-0.2, -0.15) is 0 Å². The molecule has 1 aromatic heterocycles. The molecule has 1 aromatic rings. The molecule has 0 aliphatic rings. The number of hydrogen-bond donors (Lipinski definition) is 1. The minimum absolute atomic E-state index is 0.796. The Hall–Kier alpha value is -0.600. The highest BCUT2D eigenvalue weighted by atomic mass is 35.5. The van der Waals surface area contributed by atoms with Crippen molar-refractivity contribution in [3.05, 3.63) is 30.1 Å². The van der Waals surface area contributed by atoms with E-state index in [0.717, 1.165) is 25.4 Å². The fourth-order valence-electron chi connectivity index (χ4n) is 1.43. The van der Waals surface area contributed by atoms with Crippen molar-refractivity contribution in [2.45, 2.75) is 32.2 Å². The predicted octanol–water partition coefficient (Wildman–Crippen LogP) is 2.97. The minimum Gasteiger partial charge on any atom is -0.313 e. The van der Waals surface area contributed by atoms with Crippen LogP contribution in [0.15, 0.2) is 24.5 Å². The quantitative estimate of drug-likeness (QED) is 0.545. The second-order valence-corrected chi connectivity index (χ2v) is 4.01. The molecular formula is C12H19ClN2. The summed E-state index contributed by atoms with van der Waals surface area (Å²) in [6.45, 7) is 2.03. The van der Waals surface area contributed by atoms with Crippen LogP contribution < -0.4 is 5.32 Å². The predicted molar refractivity (Wildman–Crippen MR) is 65.1 cm³/mol. The van der Waals surface area contributed by atoms with Gasteiger partial charge in [-0.05, 0) is 37.1 Å². The smallest absolute Gasteiger partial charge is 0.0271 e. The zero-order chi connectivity index (χ0) is 10.8. The second-order valence-electron chi connectivity index (χ2n) is 3.64. The molecular weight excluding hydrogens is 208 g/mol. The van der Waals surface area contributed by atoms with E-state index in [1.54, 1.807) is 0 Å². The summed E-state index contributed by atoms with van der Waals surface area (Å²) < 4.78 is 0. The van der Waals surface area contributed by atoms with E-state index < -0.39 is 0 Å². The Morgan fingerprint density at radius 1 is 1.07 bits per heavy atom. The molecule has 1 rings (SSSR count). The van der Waals surface area contributed by atoms with Crippen molar-refractivity contribution in [2.24, 2.45) is 0 Å². The molecule has 0 aromatic carbocycles. The van der Waals surface area contributed by atoms with Gasteiger partial charge < -0.3 is 5.32 Å². The van der Waals surface area contributed by atoms with E-state index >= 15 is 0 Å². The van der Waals surface area contributed by atoms with Crippen molar-refractivity contribution in [3.63, 3.8) is 0 Å². The van der Waals surface area contributed by atoms with Crippen LogP contribution in [0, 0.1) is 0 Å². The number of aromatic nitrogens is 1. The van der Waals surface area contributed by atoms with Gasteiger partial charge in [-0.1, -0.05) is 12.8 Å². The van der Waals surface area contributed by atoms with Gasteiger partial charge in [0.1, 0.15) is 0 Å². The first-order valence-electron chi connectivity index (χ1n) is 5.59. The first-order chi connectivity index (χ1) is 7.43. The fourth-order valence-corrected chi connectivity index (χ4v) is 1.62. The Kier molecular flexibility index (Phi) is 7.22. The summed E-state index contributed by atoms with van der Waals surface area (Å²) in [6.07, 6.45) is 8.57. The number of halogens is 1. The van der Waals surface area contributed by atoms with Gasteiger partial charge in [0.25, 0.3) is 0 Å². The standard InChI is InChI=1S/C12H19ClN2/c13-7-3-1-2-4-8-15-11-12-5-9-14-10-6-12/h5-6,9-10,15H,1-4,7-8,11H2. The molecule has 0 amide bonds. The third-order valence-corrected chi connectivity index (χ3v) is 2.58. The van der Waals surface area contributed by atoms with E-state index in [4.69, 9.17) is 11.6 Å². The molecule has 2 nitrogen and oxygen atoms in total. The van der Waals surface area contributed by atoms with Crippen LogP contribution in [-0.2, 0) is 6.54 Å². The number of alkyl halides is 1. The first kappa shape index (κ1) is 12.5. The molecule has 0 bridgehead atoms. The Balaban J connectivity index is 1.93. The summed E-state index contributed by atoms with van der Waals surface area (Å²) in [4.78, 5) is 3.98. The maximum absolute atomic E-state index is 5.60. The number of unbranched alkanes of at least 4 members (excludes halogenated alkanes) is 3. The van der Waals surface area contributed by atoms with Crippen molar-refractivity contribution < 1.29 is 0 Å². The van der Waals surface area contributed by atoms with Crippen molar-refractivity contribution in [2.75, 3.05) is 12.4 Å². The van der Waals surface area contributed by atoms with Gasteiger partial charge in [-0.25, -0.2) is 0 Å². The van der Waals surface area contributed by atoms with Crippen molar-refractivity contribution in [1.29, 1.82) is 0 Å². The average Bonchev–Trinajstić information content (AvgIpc) is 2.29. The third-order valence-electron chi connectivity index (χ3n) is 2.32. The Labute approximate surface area is 97.1 Å². The molecule has 0 saturated heterocycles. The molecule has 0 aliphatic heterocycles. The van der Waals surface area contributed by atoms with Gasteiger partial charge in [0.15, 0.2) is 0 Å². The van der Waals surface area contributed by atoms with Gasteiger partial charge in [0.2, 0.25) is 0 Å². The Bertz CT molecular complexity index is 239. The van der Waals surface area contributed by atoms with Crippen LogP contribution in [0.1, 0.15) is 31.2 Å². The van der Waals surface area contributed by atoms with Crippen LogP contribution in [0.25, 0.3) is 0 Å². The molecule has 84 valence electrons. The minimum atomic E-state index is 0.796. The SMILES string of the molecule is ClCCCCCCNCc1ccncc1. The maximum Gasteiger partial charge on any atom is 0.0271 e. The van der Waals surface area contributed by atoms with Crippen LogP contribution in [0.4, 0.5) is 0 Å². The highest BCUT2D eigenvalue weighted by molar-refractivity contribution is 6.17. The zero-order valence-corrected chi connectivity index (χ0v) is 9.84. The summed E-state index contributed by atoms with van der Waals surface area (Å²) in [5, 5.41) is 3.42. The fraction of sp³-hybridized carbons (Fsp3) is 0.583. The topological polar surface area (TPSA) is 24.9 Å². The van der Waals surface area contributed by atoms with E-state index in [1.165, 1.54) is 24.8 Å². The molecule has 0 unspecified atom stereocenters. The zero-order valence-electron chi connectivity index (χ0n) is 9.08. The van der Waals surface area contributed by atoms with Gasteiger partial charge in [-0.15, -0.1) is 11.6 Å². The van der Waals surface area contributed by atoms with Crippen LogP contribution >= 0.6 is 11.6 Å². The molecule has 0 radical (unpaired) electrons. The van der Waals surface area contributed by atoms with E-state index in [0.29, 0.717) is 0 Å². The lowest BCUT2D eigenvalue weighted by Crippen LogP contribution is -2.14. The number of pyridine rings is 1. The number of nitrogens with one attached hydrogen (secondary N) is 1.